The molecule has 3 saturated heterocycles. The molecule has 0 aromatic heterocycles. The number of rotatable bonds is 8. The number of hydrogen-bond acceptors (Lipinski definition) is 16. The average Bonchev–Trinajstić information content (AvgIpc) is 1.56. The van der Waals surface area contributed by atoms with Gasteiger partial charge < -0.3 is 53.0 Å². The van der Waals surface area contributed by atoms with Gasteiger partial charge in [-0.2, -0.15) is 0 Å². The van der Waals surface area contributed by atoms with Crippen LogP contribution >= 0.6 is 0 Å². The average molecular weight is 1190 g/mol. The van der Waals surface area contributed by atoms with E-state index in [2.05, 4.69) is 0 Å². The summed E-state index contributed by atoms with van der Waals surface area (Å²) in [5.41, 5.74) is 3.94. The number of hydrogen-bond donors (Lipinski definition) is 2. The quantitative estimate of drug-likeness (QED) is 0.143. The summed E-state index contributed by atoms with van der Waals surface area (Å²) < 4.78 is 49.7. The fourth-order valence-electron chi connectivity index (χ4n) is 13.7. The number of nitrogens with zero attached hydrogens (tertiary/aromatic N) is 1. The van der Waals surface area contributed by atoms with E-state index < -0.39 is 113 Å². The Bertz CT molecular complexity index is 2840. The number of methoxy groups -OCH3 is 3. The van der Waals surface area contributed by atoms with Crippen molar-refractivity contribution < 1.29 is 76.9 Å². The lowest BCUT2D eigenvalue weighted by Gasteiger charge is -2.44. The van der Waals surface area contributed by atoms with Crippen molar-refractivity contribution in [3.8, 4) is 11.1 Å². The molecular formula is C69H93NO16. The molecule has 2 aromatic carbocycles. The van der Waals surface area contributed by atoms with Gasteiger partial charge in [-0.05, 0) is 125 Å². The molecule has 86 heavy (non-hydrogen) atoms. The Labute approximate surface area is 508 Å². The Hall–Kier alpha value is -5.50. The summed E-state index contributed by atoms with van der Waals surface area (Å²) in [6.45, 7) is 14.6. The molecule has 0 unspecified atom stereocenters. The normalized spacial score (nSPS) is 35.8. The Morgan fingerprint density at radius 2 is 1.45 bits per heavy atom. The summed E-state index contributed by atoms with van der Waals surface area (Å²) in [4.78, 5) is 87.6. The van der Waals surface area contributed by atoms with Gasteiger partial charge >= 0.3 is 11.9 Å². The van der Waals surface area contributed by atoms with Gasteiger partial charge in [-0.3, -0.25) is 24.0 Å². The zero-order chi connectivity index (χ0) is 62.3. The standard InChI is InChI=1S/C69H93NO16/c1-41-21-13-12-14-22-42(2)57(79-9)37-49-30-28-47(7)68(78,86-49)63(74)64(75)70-32-20-19-27-54(70)65(76)84-58(38-55(71)43(3)34-46(6)61(73)62(81-11)60(72)45(5)33-41)44(4)35-48-29-31-56(59(36-48)80-10)85-66(77)67(8)39-82-69(83-40-67)52-25-17-15-23-50(52)51-24-16-18-26-53(51)69/h12-18,21-26,34,41,43-45,47-49,54,56-59,61-62,73,78H,19-20,27-33,35-40H2,1-11H3/b14-12+,21-13+,42-22+,46-34+/t41-,43-,44-,45-,47-,48+,49+,54+,56-,57+,58+,59-,61-,62+,68-/m1/s1. The number of amides is 1. The van der Waals surface area contributed by atoms with Crippen molar-refractivity contribution in [1.29, 1.82) is 0 Å². The number of benzene rings is 2. The maximum absolute atomic E-state index is 14.8. The highest BCUT2D eigenvalue weighted by molar-refractivity contribution is 6.39. The fraction of sp³-hybridized carbons (Fsp3) is 0.623. The summed E-state index contributed by atoms with van der Waals surface area (Å²) in [5.74, 6) is -10.1. The number of cyclic esters (lactones) is 1. The molecule has 470 valence electrons. The van der Waals surface area contributed by atoms with Gasteiger partial charge in [-0.1, -0.05) is 120 Å². The van der Waals surface area contributed by atoms with Crippen LogP contribution in [0.3, 0.4) is 0 Å². The van der Waals surface area contributed by atoms with Crippen molar-refractivity contribution in [3.63, 3.8) is 0 Å². The van der Waals surface area contributed by atoms with E-state index in [4.69, 9.17) is 37.9 Å². The Balaban J connectivity index is 1.00. The second-order valence-corrected chi connectivity index (χ2v) is 25.8. The zero-order valence-electron chi connectivity index (χ0n) is 52.3. The lowest BCUT2D eigenvalue weighted by atomic mass is 9.78. The highest BCUT2D eigenvalue weighted by Gasteiger charge is 2.55. The lowest BCUT2D eigenvalue weighted by molar-refractivity contribution is -0.286. The van der Waals surface area contributed by atoms with E-state index in [0.29, 0.717) is 69.8 Å². The number of allylic oxidation sites excluding steroid dienone is 6. The highest BCUT2D eigenvalue weighted by Crippen LogP contribution is 2.53. The third kappa shape index (κ3) is 14.5. The maximum Gasteiger partial charge on any atom is 0.329 e. The van der Waals surface area contributed by atoms with Crippen LogP contribution in [0, 0.1) is 40.9 Å². The maximum atomic E-state index is 14.8. The van der Waals surface area contributed by atoms with Gasteiger partial charge in [0.15, 0.2) is 5.78 Å². The van der Waals surface area contributed by atoms with Gasteiger partial charge in [-0.25, -0.2) is 4.79 Å². The number of Topliss-reactive ketones (excluding diaryl/α,β-unsaturated/α-hetero) is 3. The first-order chi connectivity index (χ1) is 41.0. The third-order valence-electron chi connectivity index (χ3n) is 19.2. The van der Waals surface area contributed by atoms with Crippen LogP contribution in [0.2, 0.25) is 0 Å². The summed E-state index contributed by atoms with van der Waals surface area (Å²) >= 11 is 0. The molecule has 1 amide bonds. The summed E-state index contributed by atoms with van der Waals surface area (Å²) in [7, 11) is 4.53. The Kier molecular flexibility index (Phi) is 22.2. The molecular weight excluding hydrogens is 1100 g/mol. The lowest BCUT2D eigenvalue weighted by Crippen LogP contribution is -2.61. The third-order valence-corrected chi connectivity index (χ3v) is 19.2. The minimum absolute atomic E-state index is 0.00676. The number of aliphatic hydroxyl groups is 2. The molecule has 8 rings (SSSR count). The first-order valence-corrected chi connectivity index (χ1v) is 31.2. The number of piperidine rings is 1. The molecule has 2 bridgehead atoms. The van der Waals surface area contributed by atoms with E-state index in [9.17, 15) is 39.0 Å². The van der Waals surface area contributed by atoms with Gasteiger partial charge in [0.05, 0.1) is 31.5 Å². The van der Waals surface area contributed by atoms with Gasteiger partial charge in [0.2, 0.25) is 11.6 Å². The number of aliphatic hydroxyl groups excluding tert-OH is 1. The predicted molar refractivity (Wildman–Crippen MR) is 322 cm³/mol. The highest BCUT2D eigenvalue weighted by atomic mass is 16.7. The van der Waals surface area contributed by atoms with Gasteiger partial charge in [0.1, 0.15) is 41.7 Å². The summed E-state index contributed by atoms with van der Waals surface area (Å²) in [6, 6.07) is 14.7. The smallest absolute Gasteiger partial charge is 0.329 e. The molecule has 4 heterocycles. The largest absolute Gasteiger partial charge is 0.460 e. The second-order valence-electron chi connectivity index (χ2n) is 25.8. The number of carbonyl (C=O) groups is 6. The van der Waals surface area contributed by atoms with E-state index in [1.807, 2.05) is 107 Å². The Morgan fingerprint density at radius 3 is 2.10 bits per heavy atom. The molecule has 1 saturated carbocycles. The van der Waals surface area contributed by atoms with E-state index >= 15 is 0 Å². The fourth-order valence-corrected chi connectivity index (χ4v) is 13.7. The molecule has 1 spiro atoms. The minimum atomic E-state index is -2.47. The second kappa shape index (κ2) is 28.8. The topological polar surface area (TPSA) is 220 Å². The van der Waals surface area contributed by atoms with E-state index in [-0.39, 0.29) is 56.0 Å². The summed E-state index contributed by atoms with van der Waals surface area (Å²) in [5, 5.41) is 23.8. The minimum Gasteiger partial charge on any atom is -0.460 e. The van der Waals surface area contributed by atoms with Crippen LogP contribution in [-0.4, -0.2) is 146 Å². The van der Waals surface area contributed by atoms with Crippen LogP contribution in [0.25, 0.3) is 11.1 Å². The first kappa shape index (κ1) is 66.5. The molecule has 4 aliphatic heterocycles. The van der Waals surface area contributed by atoms with E-state index in [1.54, 1.807) is 48.0 Å². The van der Waals surface area contributed by atoms with Crippen LogP contribution in [-0.2, 0) is 72.4 Å². The van der Waals surface area contributed by atoms with Gasteiger partial charge in [-0.15, -0.1) is 0 Å². The van der Waals surface area contributed by atoms with Crippen molar-refractivity contribution in [2.45, 2.75) is 193 Å². The predicted octanol–water partition coefficient (Wildman–Crippen LogP) is 9.67. The molecule has 0 radical (unpaired) electrons. The number of carbonyl (C=O) groups excluding carboxylic acids is 6. The SMILES string of the molecule is CO[C@H]1C[C@@H]2CC[C@@H](C)[C@@](O)(O2)C(=O)C(=O)N2CCCC[C@H]2C(=O)O[C@H]([C@H](C)C[C@@H]2CC[C@@H](OC(=O)C3(C)COC4(OC3)c3ccccc3-c3ccccc34)[C@H](OC)C2)CC(=O)[C@H](C)/C=C(\C)[C@@H](O)[C@@H](OC)C(=O)[C@H](C)C[C@H](C)/C=C/C=C/C=C/1C. The van der Waals surface area contributed by atoms with Gasteiger partial charge in [0.25, 0.3) is 11.7 Å². The van der Waals surface area contributed by atoms with Crippen molar-refractivity contribution in [2.24, 2.45) is 40.9 Å². The number of esters is 2. The zero-order valence-corrected chi connectivity index (χ0v) is 52.3. The van der Waals surface area contributed by atoms with E-state index in [1.165, 1.54) is 12.0 Å². The molecule has 2 aromatic rings. The van der Waals surface area contributed by atoms with Crippen LogP contribution in [0.15, 0.2) is 96.1 Å². The molecule has 17 nitrogen and oxygen atoms in total. The molecule has 15 atom stereocenters. The number of ether oxygens (including phenoxy) is 8. The number of ketones is 3. The van der Waals surface area contributed by atoms with Crippen LogP contribution < -0.4 is 0 Å². The molecule has 2 N–H and O–H groups in total. The summed E-state index contributed by atoms with van der Waals surface area (Å²) in [6.07, 6.45) is 10.2. The molecule has 6 aliphatic rings. The molecule has 2 aliphatic carbocycles. The first-order valence-electron chi connectivity index (χ1n) is 31.2. The van der Waals surface area contributed by atoms with Crippen molar-refractivity contribution in [2.75, 3.05) is 41.1 Å². The van der Waals surface area contributed by atoms with Crippen molar-refractivity contribution >= 4 is 35.2 Å². The van der Waals surface area contributed by atoms with Crippen molar-refractivity contribution in [3.05, 3.63) is 107 Å². The van der Waals surface area contributed by atoms with Crippen LogP contribution in [0.1, 0.15) is 144 Å². The number of fused-ring (bicyclic) bond motifs is 8. The molecule has 4 fully saturated rings. The van der Waals surface area contributed by atoms with Crippen molar-refractivity contribution in [1.82, 2.24) is 4.90 Å². The monoisotopic (exact) mass is 1190 g/mol. The van der Waals surface area contributed by atoms with Crippen LogP contribution in [0.4, 0.5) is 0 Å². The molecule has 17 heteroatoms. The Morgan fingerprint density at radius 1 is 0.779 bits per heavy atom. The van der Waals surface area contributed by atoms with E-state index in [0.717, 1.165) is 27.8 Å². The van der Waals surface area contributed by atoms with Crippen LogP contribution in [0.5, 0.6) is 0 Å². The van der Waals surface area contributed by atoms with Gasteiger partial charge in [0, 0.05) is 69.6 Å².